The van der Waals surface area contributed by atoms with Crippen LogP contribution in [0.2, 0.25) is 0 Å². The van der Waals surface area contributed by atoms with Crippen molar-refractivity contribution < 1.29 is 0 Å². The van der Waals surface area contributed by atoms with Crippen molar-refractivity contribution in [2.45, 2.75) is 31.2 Å². The molecule has 0 radical (unpaired) electrons. The van der Waals surface area contributed by atoms with E-state index in [9.17, 15) is 0 Å². The van der Waals surface area contributed by atoms with Crippen LogP contribution < -0.4 is 21.6 Å². The summed E-state index contributed by atoms with van der Waals surface area (Å²) in [4.78, 5) is 0. The summed E-state index contributed by atoms with van der Waals surface area (Å²) in [6, 6.07) is 33.2. The first kappa shape index (κ1) is 20.1. The Morgan fingerprint density at radius 1 is 0.630 bits per heavy atom. The first-order chi connectivity index (χ1) is 13.2. The van der Waals surface area contributed by atoms with Crippen molar-refractivity contribution in [3.8, 4) is 0 Å². The molecule has 140 valence electrons. The Bertz CT molecular complexity index is 694. The smallest absolute Gasteiger partial charge is 0.112 e. The Morgan fingerprint density at radius 3 is 1.41 bits per heavy atom. The van der Waals surface area contributed by atoms with Crippen LogP contribution in [0.4, 0.5) is 0 Å². The molecule has 3 rings (SSSR count). The fourth-order valence-corrected chi connectivity index (χ4v) is 8.31. The van der Waals surface area contributed by atoms with Crippen LogP contribution in [-0.2, 0) is 0 Å². The van der Waals surface area contributed by atoms with Gasteiger partial charge in [0.25, 0.3) is 0 Å². The van der Waals surface area contributed by atoms with Gasteiger partial charge in [-0.1, -0.05) is 61.0 Å². The minimum Gasteiger partial charge on any atom is -0.315 e. The average molecular weight is 397 g/mol. The zero-order chi connectivity index (χ0) is 19.0. The minimum atomic E-state index is -1.68. The van der Waals surface area contributed by atoms with Gasteiger partial charge in [-0.05, 0) is 55.7 Å². The van der Waals surface area contributed by atoms with Crippen LogP contribution in [0.15, 0.2) is 91.0 Å². The van der Waals surface area contributed by atoms with Gasteiger partial charge in [-0.3, -0.25) is 0 Å². The van der Waals surface area contributed by atoms with Gasteiger partial charge < -0.3 is 5.73 Å². The zero-order valence-electron chi connectivity index (χ0n) is 15.7. The van der Waals surface area contributed by atoms with E-state index in [0.29, 0.717) is 0 Å². The van der Waals surface area contributed by atoms with Crippen molar-refractivity contribution in [2.75, 3.05) is 6.16 Å². The highest BCUT2D eigenvalue weighted by Gasteiger charge is 2.44. The summed E-state index contributed by atoms with van der Waals surface area (Å²) < 4.78 is 0. The second-order valence-electron chi connectivity index (χ2n) is 6.91. The molecule has 3 aromatic rings. The lowest BCUT2D eigenvalue weighted by Crippen LogP contribution is -2.33. The standard InChI is InChI=1S/C24H28ClNP/c25-24(26)19-11-4-12-20-27(21-13-5-1-6-14-21,22-15-7-2-8-16-22)23-17-9-3-10-18-23/h1-3,5-10,13-18,24H,4,11-12,19-20,26H2/q+1. The van der Waals surface area contributed by atoms with Gasteiger partial charge in [-0.15, -0.1) is 11.6 Å². The normalized spacial score (nSPS) is 12.7. The van der Waals surface area contributed by atoms with E-state index in [4.69, 9.17) is 17.3 Å². The molecule has 27 heavy (non-hydrogen) atoms. The van der Waals surface area contributed by atoms with Crippen LogP contribution >= 0.6 is 18.9 Å². The van der Waals surface area contributed by atoms with Crippen molar-refractivity contribution >= 4 is 34.8 Å². The van der Waals surface area contributed by atoms with Crippen LogP contribution in [-0.4, -0.2) is 11.7 Å². The molecule has 1 unspecified atom stereocenters. The van der Waals surface area contributed by atoms with E-state index in [-0.39, 0.29) is 5.50 Å². The second kappa shape index (κ2) is 10.0. The third-order valence-electron chi connectivity index (χ3n) is 5.06. The molecule has 1 nitrogen and oxygen atoms in total. The van der Waals surface area contributed by atoms with Crippen molar-refractivity contribution in [1.82, 2.24) is 0 Å². The Morgan fingerprint density at radius 2 is 1.04 bits per heavy atom. The van der Waals surface area contributed by atoms with Gasteiger partial charge in [0.2, 0.25) is 0 Å². The molecule has 3 heteroatoms. The van der Waals surface area contributed by atoms with Crippen molar-refractivity contribution in [3.63, 3.8) is 0 Å². The van der Waals surface area contributed by atoms with Gasteiger partial charge in [0.1, 0.15) is 23.2 Å². The van der Waals surface area contributed by atoms with Gasteiger partial charge in [-0.2, -0.15) is 0 Å². The number of halogens is 1. The molecule has 0 aliphatic carbocycles. The van der Waals surface area contributed by atoms with Crippen LogP contribution in [0.5, 0.6) is 0 Å². The lowest BCUT2D eigenvalue weighted by molar-refractivity contribution is 0.652. The zero-order valence-corrected chi connectivity index (χ0v) is 17.3. The molecule has 0 saturated heterocycles. The summed E-state index contributed by atoms with van der Waals surface area (Å²) in [7, 11) is -1.68. The third kappa shape index (κ3) is 4.99. The molecule has 3 aromatic carbocycles. The number of hydrogen-bond acceptors (Lipinski definition) is 1. The van der Waals surface area contributed by atoms with E-state index in [1.807, 2.05) is 0 Å². The van der Waals surface area contributed by atoms with Gasteiger partial charge in [-0.25, -0.2) is 0 Å². The van der Waals surface area contributed by atoms with Crippen LogP contribution in [0.1, 0.15) is 25.7 Å². The molecule has 0 saturated carbocycles. The second-order valence-corrected chi connectivity index (χ2v) is 11.1. The van der Waals surface area contributed by atoms with Crippen LogP contribution in [0.3, 0.4) is 0 Å². The van der Waals surface area contributed by atoms with E-state index >= 15 is 0 Å². The van der Waals surface area contributed by atoms with Crippen molar-refractivity contribution in [2.24, 2.45) is 5.73 Å². The maximum Gasteiger partial charge on any atom is 0.112 e. The molecule has 0 heterocycles. The Balaban J connectivity index is 2.01. The number of nitrogens with two attached hydrogens (primary N) is 1. The van der Waals surface area contributed by atoms with E-state index in [1.165, 1.54) is 28.5 Å². The number of rotatable bonds is 9. The lowest BCUT2D eigenvalue weighted by atomic mass is 10.2. The largest absolute Gasteiger partial charge is 0.315 e. The predicted octanol–water partition coefficient (Wildman–Crippen LogP) is 5.06. The lowest BCUT2D eigenvalue weighted by Gasteiger charge is -2.27. The highest BCUT2D eigenvalue weighted by atomic mass is 35.5. The van der Waals surface area contributed by atoms with E-state index in [2.05, 4.69) is 91.0 Å². The maximum absolute atomic E-state index is 5.92. The Kier molecular flexibility index (Phi) is 7.47. The SMILES string of the molecule is NC(Cl)CCCCC[P+](c1ccccc1)(c1ccccc1)c1ccccc1. The highest BCUT2D eigenvalue weighted by molar-refractivity contribution is 7.95. The third-order valence-corrected chi connectivity index (χ3v) is 9.81. The Labute approximate surface area is 168 Å². The molecule has 2 N–H and O–H groups in total. The van der Waals surface area contributed by atoms with Crippen LogP contribution in [0.25, 0.3) is 0 Å². The molecule has 0 spiro atoms. The molecule has 0 amide bonds. The molecule has 1 atom stereocenters. The quantitative estimate of drug-likeness (QED) is 0.232. The topological polar surface area (TPSA) is 26.0 Å². The van der Waals surface area contributed by atoms with Gasteiger partial charge >= 0.3 is 0 Å². The number of hydrogen-bond donors (Lipinski definition) is 1. The van der Waals surface area contributed by atoms with Crippen LogP contribution in [0, 0.1) is 0 Å². The molecular formula is C24H28ClNP+. The van der Waals surface area contributed by atoms with E-state index in [0.717, 1.165) is 19.3 Å². The van der Waals surface area contributed by atoms with Gasteiger partial charge in [0.05, 0.1) is 11.7 Å². The number of benzene rings is 3. The van der Waals surface area contributed by atoms with Gasteiger partial charge in [0.15, 0.2) is 0 Å². The summed E-state index contributed by atoms with van der Waals surface area (Å²) in [5.41, 5.74) is 5.49. The van der Waals surface area contributed by atoms with Gasteiger partial charge in [0, 0.05) is 0 Å². The predicted molar refractivity (Wildman–Crippen MR) is 122 cm³/mol. The summed E-state index contributed by atoms with van der Waals surface area (Å²) in [6.07, 6.45) is 5.48. The van der Waals surface area contributed by atoms with E-state index < -0.39 is 7.26 Å². The minimum absolute atomic E-state index is 0.220. The van der Waals surface area contributed by atoms with Crippen molar-refractivity contribution in [3.05, 3.63) is 91.0 Å². The van der Waals surface area contributed by atoms with E-state index in [1.54, 1.807) is 0 Å². The molecule has 0 aliphatic heterocycles. The molecular weight excluding hydrogens is 369 g/mol. The first-order valence-electron chi connectivity index (χ1n) is 9.68. The Hall–Kier alpha value is -1.66. The fraction of sp³-hybridized carbons (Fsp3) is 0.250. The summed E-state index contributed by atoms with van der Waals surface area (Å²) >= 11 is 5.92. The maximum atomic E-state index is 5.92. The molecule has 0 fully saturated rings. The molecule has 0 aliphatic rings. The summed E-state index contributed by atoms with van der Waals surface area (Å²) in [5.74, 6) is 0. The van der Waals surface area contributed by atoms with Crippen molar-refractivity contribution in [1.29, 1.82) is 0 Å². The molecule has 0 aromatic heterocycles. The summed E-state index contributed by atoms with van der Waals surface area (Å²) in [6.45, 7) is 0. The number of unbranched alkanes of at least 4 members (excludes halogenated alkanes) is 2. The summed E-state index contributed by atoms with van der Waals surface area (Å²) in [5, 5.41) is 4.37. The molecule has 0 bridgehead atoms. The average Bonchev–Trinajstić information content (AvgIpc) is 2.73. The highest BCUT2D eigenvalue weighted by Crippen LogP contribution is 2.55. The fourth-order valence-electron chi connectivity index (χ4n) is 3.75. The monoisotopic (exact) mass is 396 g/mol. The number of alkyl halides is 1. The first-order valence-corrected chi connectivity index (χ1v) is 12.1.